The smallest absolute Gasteiger partial charge is 0.269 e. The molecule has 1 N–H and O–H groups in total. The number of hydrogen-bond donors (Lipinski definition) is 1. The van der Waals surface area contributed by atoms with Crippen molar-refractivity contribution in [3.05, 3.63) is 94.4 Å². The van der Waals surface area contributed by atoms with Crippen LogP contribution >= 0.6 is 0 Å². The van der Waals surface area contributed by atoms with Gasteiger partial charge in [-0.25, -0.2) is 0 Å². The minimum atomic E-state index is -0.707. The normalized spacial score (nSPS) is 10.9. The maximum atomic E-state index is 13.3. The number of para-hydroxylation sites is 2. The molecule has 35 heavy (non-hydrogen) atoms. The zero-order valence-electron chi connectivity index (χ0n) is 18.9. The third-order valence-corrected chi connectivity index (χ3v) is 4.99. The van der Waals surface area contributed by atoms with Crippen LogP contribution in [-0.2, 0) is 4.79 Å². The first kappa shape index (κ1) is 23.1. The minimum absolute atomic E-state index is 0.0723. The van der Waals surface area contributed by atoms with E-state index in [0.717, 1.165) is 6.08 Å². The number of carbonyl (C=O) groups is 1. The molecule has 0 bridgehead atoms. The van der Waals surface area contributed by atoms with Gasteiger partial charge in [0.1, 0.15) is 28.6 Å². The van der Waals surface area contributed by atoms with E-state index < -0.39 is 11.5 Å². The van der Waals surface area contributed by atoms with E-state index in [1.54, 1.807) is 66.7 Å². The lowest BCUT2D eigenvalue weighted by Crippen LogP contribution is -2.20. The van der Waals surface area contributed by atoms with E-state index in [0.29, 0.717) is 28.6 Å². The molecule has 0 aliphatic carbocycles. The van der Waals surface area contributed by atoms with Gasteiger partial charge in [-0.2, -0.15) is 10.2 Å². The average molecular weight is 468 g/mol. The summed E-state index contributed by atoms with van der Waals surface area (Å²) in [5.74, 6) is 0.494. The van der Waals surface area contributed by atoms with Crippen LogP contribution in [0.5, 0.6) is 23.1 Å². The van der Waals surface area contributed by atoms with Crippen LogP contribution in [0.25, 0.3) is 11.7 Å². The fraction of sp³-hybridized carbons (Fsp3) is 0.0769. The van der Waals surface area contributed by atoms with Gasteiger partial charge in [0.25, 0.3) is 11.5 Å². The van der Waals surface area contributed by atoms with Crippen molar-refractivity contribution in [3.63, 3.8) is 0 Å². The summed E-state index contributed by atoms with van der Waals surface area (Å²) >= 11 is 0. The molecule has 0 saturated carbocycles. The van der Waals surface area contributed by atoms with Crippen LogP contribution in [0.4, 0.5) is 5.69 Å². The first-order valence-corrected chi connectivity index (χ1v) is 10.4. The Kier molecular flexibility index (Phi) is 6.74. The zero-order valence-corrected chi connectivity index (χ0v) is 18.9. The average Bonchev–Trinajstić information content (AvgIpc) is 2.89. The van der Waals surface area contributed by atoms with Gasteiger partial charge in [0.2, 0.25) is 5.88 Å². The summed E-state index contributed by atoms with van der Waals surface area (Å²) in [4.78, 5) is 30.6. The number of nitriles is 1. The number of hydrogen-bond acceptors (Lipinski definition) is 7. The van der Waals surface area contributed by atoms with Gasteiger partial charge in [0.15, 0.2) is 11.5 Å². The van der Waals surface area contributed by atoms with E-state index in [1.807, 2.05) is 6.07 Å². The maximum Gasteiger partial charge on any atom is 0.269 e. The zero-order chi connectivity index (χ0) is 24.8. The number of benzene rings is 2. The molecule has 0 fully saturated rings. The Balaban J connectivity index is 1.80. The summed E-state index contributed by atoms with van der Waals surface area (Å²) in [5, 5.41) is 12.3. The molecule has 0 unspecified atom stereocenters. The number of fused-ring (bicyclic) bond motifs is 1. The van der Waals surface area contributed by atoms with Gasteiger partial charge < -0.3 is 19.5 Å². The van der Waals surface area contributed by atoms with Gasteiger partial charge in [-0.1, -0.05) is 24.3 Å². The third-order valence-electron chi connectivity index (χ3n) is 4.99. The molecule has 0 atom stereocenters. The van der Waals surface area contributed by atoms with Crippen molar-refractivity contribution in [1.82, 2.24) is 9.38 Å². The molecular weight excluding hydrogens is 448 g/mol. The van der Waals surface area contributed by atoms with Crippen LogP contribution in [0.2, 0.25) is 0 Å². The lowest BCUT2D eigenvalue weighted by Gasteiger charge is -2.12. The van der Waals surface area contributed by atoms with Gasteiger partial charge >= 0.3 is 0 Å². The highest BCUT2D eigenvalue weighted by Gasteiger charge is 2.18. The number of pyridine rings is 1. The standard InChI is InChI=1S/C26H20N4O5/c1-33-19-9-7-8-18(15-19)28-24(31)17(16-27)14-20-25(35-22-11-4-3-10-21(22)34-2)29-23-12-5-6-13-30(23)26(20)32/h3-15H,1-2H3,(H,28,31)/b17-14-. The van der Waals surface area contributed by atoms with Crippen LogP contribution in [0.1, 0.15) is 5.56 Å². The van der Waals surface area contributed by atoms with Crippen molar-refractivity contribution in [2.24, 2.45) is 0 Å². The first-order chi connectivity index (χ1) is 17.0. The Morgan fingerprint density at radius 1 is 1.03 bits per heavy atom. The van der Waals surface area contributed by atoms with Gasteiger partial charge in [0, 0.05) is 18.0 Å². The Hall–Kier alpha value is -5.10. The molecule has 4 rings (SSSR count). The predicted molar refractivity (Wildman–Crippen MR) is 130 cm³/mol. The number of aromatic nitrogens is 2. The van der Waals surface area contributed by atoms with Gasteiger partial charge in [-0.15, -0.1) is 0 Å². The van der Waals surface area contributed by atoms with Crippen molar-refractivity contribution < 1.29 is 19.0 Å². The summed E-state index contributed by atoms with van der Waals surface area (Å²) in [5.41, 5.74) is -0.139. The number of carbonyl (C=O) groups excluding carboxylic acids is 1. The van der Waals surface area contributed by atoms with Crippen LogP contribution in [-0.4, -0.2) is 29.5 Å². The van der Waals surface area contributed by atoms with Crippen LogP contribution in [0, 0.1) is 11.3 Å². The van der Waals surface area contributed by atoms with E-state index in [1.165, 1.54) is 24.8 Å². The molecular formula is C26H20N4O5. The van der Waals surface area contributed by atoms with E-state index in [2.05, 4.69) is 10.3 Å². The van der Waals surface area contributed by atoms with Crippen molar-refractivity contribution in [1.29, 1.82) is 5.26 Å². The lowest BCUT2D eigenvalue weighted by molar-refractivity contribution is -0.112. The molecule has 0 saturated heterocycles. The minimum Gasteiger partial charge on any atom is -0.497 e. The molecule has 2 heterocycles. The molecule has 2 aromatic carbocycles. The molecule has 9 nitrogen and oxygen atoms in total. The van der Waals surface area contributed by atoms with Gasteiger partial charge in [-0.05, 0) is 42.5 Å². The van der Waals surface area contributed by atoms with Crippen LogP contribution in [0.15, 0.2) is 83.3 Å². The molecule has 0 spiro atoms. The summed E-state index contributed by atoms with van der Waals surface area (Å²) in [6, 6.07) is 20.4. The fourth-order valence-corrected chi connectivity index (χ4v) is 3.28. The summed E-state index contributed by atoms with van der Waals surface area (Å²) in [7, 11) is 2.99. The highest BCUT2D eigenvalue weighted by Crippen LogP contribution is 2.32. The van der Waals surface area contributed by atoms with Crippen LogP contribution in [0.3, 0.4) is 0 Å². The van der Waals surface area contributed by atoms with Gasteiger partial charge in [0.05, 0.1) is 14.2 Å². The Bertz CT molecular complexity index is 1540. The Morgan fingerprint density at radius 2 is 1.80 bits per heavy atom. The first-order valence-electron chi connectivity index (χ1n) is 10.4. The number of anilines is 1. The highest BCUT2D eigenvalue weighted by molar-refractivity contribution is 6.09. The van der Waals surface area contributed by atoms with Crippen molar-refractivity contribution in [2.75, 3.05) is 19.5 Å². The molecule has 0 radical (unpaired) electrons. The number of methoxy groups -OCH3 is 2. The summed E-state index contributed by atoms with van der Waals surface area (Å²) < 4.78 is 17.7. The Morgan fingerprint density at radius 3 is 2.54 bits per heavy atom. The number of ether oxygens (including phenoxy) is 3. The summed E-state index contributed by atoms with van der Waals surface area (Å²) in [6.07, 6.45) is 2.70. The second kappa shape index (κ2) is 10.2. The van der Waals surface area contributed by atoms with E-state index in [9.17, 15) is 14.9 Å². The second-order valence-electron chi connectivity index (χ2n) is 7.17. The topological polar surface area (TPSA) is 115 Å². The number of nitrogens with one attached hydrogen (secondary N) is 1. The lowest BCUT2D eigenvalue weighted by atomic mass is 10.1. The molecule has 4 aromatic rings. The highest BCUT2D eigenvalue weighted by atomic mass is 16.5. The quantitative estimate of drug-likeness (QED) is 0.321. The number of amides is 1. The summed E-state index contributed by atoms with van der Waals surface area (Å²) in [6.45, 7) is 0. The van der Waals surface area contributed by atoms with E-state index >= 15 is 0 Å². The monoisotopic (exact) mass is 468 g/mol. The molecule has 0 aliphatic rings. The SMILES string of the molecule is COc1cccc(NC(=O)/C(C#N)=C\c2c(Oc3ccccc3OC)nc3ccccn3c2=O)c1. The van der Waals surface area contributed by atoms with Crippen molar-refractivity contribution in [2.45, 2.75) is 0 Å². The largest absolute Gasteiger partial charge is 0.497 e. The van der Waals surface area contributed by atoms with Crippen molar-refractivity contribution in [3.8, 4) is 29.2 Å². The predicted octanol–water partition coefficient (Wildman–Crippen LogP) is 4.05. The van der Waals surface area contributed by atoms with E-state index in [4.69, 9.17) is 14.2 Å². The molecule has 174 valence electrons. The maximum absolute atomic E-state index is 13.3. The fourth-order valence-electron chi connectivity index (χ4n) is 3.28. The van der Waals surface area contributed by atoms with Crippen LogP contribution < -0.4 is 25.1 Å². The van der Waals surface area contributed by atoms with Gasteiger partial charge in [-0.3, -0.25) is 14.0 Å². The number of nitrogens with zero attached hydrogens (tertiary/aromatic N) is 3. The number of rotatable bonds is 7. The Labute approximate surface area is 200 Å². The molecule has 1 amide bonds. The molecule has 0 aliphatic heterocycles. The molecule has 2 aromatic heterocycles. The van der Waals surface area contributed by atoms with E-state index in [-0.39, 0.29) is 17.0 Å². The van der Waals surface area contributed by atoms with Crippen molar-refractivity contribution >= 4 is 23.3 Å². The second-order valence-corrected chi connectivity index (χ2v) is 7.17. The third kappa shape index (κ3) is 4.96. The molecule has 9 heteroatoms.